The summed E-state index contributed by atoms with van der Waals surface area (Å²) in [6, 6.07) is 6.33. The molecule has 0 radical (unpaired) electrons. The molecule has 2 aliphatic heterocycles. The molecular weight excluding hydrogens is 408 g/mol. The summed E-state index contributed by atoms with van der Waals surface area (Å²) in [7, 11) is 0. The van der Waals surface area contributed by atoms with E-state index < -0.39 is 11.0 Å². The summed E-state index contributed by atoms with van der Waals surface area (Å²) in [4.78, 5) is 38.1. The minimum Gasteiger partial charge on any atom is -0.460 e. The van der Waals surface area contributed by atoms with Crippen LogP contribution in [0, 0.1) is 11.3 Å². The van der Waals surface area contributed by atoms with Gasteiger partial charge in [0, 0.05) is 25.2 Å². The number of rotatable bonds is 2. The Hall–Kier alpha value is -2.31. The molecule has 2 saturated heterocycles. The van der Waals surface area contributed by atoms with Crippen molar-refractivity contribution in [3.63, 3.8) is 0 Å². The number of epoxide rings is 1. The van der Waals surface area contributed by atoms with Gasteiger partial charge in [0.15, 0.2) is 17.7 Å². The zero-order valence-electron chi connectivity index (χ0n) is 18.4. The quantitative estimate of drug-likeness (QED) is 0.566. The fraction of sp³-hybridized carbons (Fsp3) is 0.577. The van der Waals surface area contributed by atoms with Crippen molar-refractivity contribution in [1.29, 1.82) is 0 Å². The molecule has 6 rings (SSSR count). The third-order valence-corrected chi connectivity index (χ3v) is 9.07. The smallest absolute Gasteiger partial charge is 0.338 e. The molecule has 0 amide bonds. The molecule has 0 unspecified atom stereocenters. The number of aryl methyl sites for hydroxylation is 1. The number of aliphatic hydroxyl groups is 1. The van der Waals surface area contributed by atoms with Crippen LogP contribution in [0.1, 0.15) is 68.1 Å². The fourth-order valence-corrected chi connectivity index (χ4v) is 6.89. The Balaban J connectivity index is 1.32. The predicted molar refractivity (Wildman–Crippen MR) is 114 cm³/mol. The zero-order valence-corrected chi connectivity index (χ0v) is 18.4. The van der Waals surface area contributed by atoms with Crippen LogP contribution in [0.3, 0.4) is 0 Å². The monoisotopic (exact) mass is 436 g/mol. The molecule has 6 heteroatoms. The molecule has 3 aliphatic carbocycles. The summed E-state index contributed by atoms with van der Waals surface area (Å²) < 4.78 is 11.0. The van der Waals surface area contributed by atoms with Crippen LogP contribution in [0.5, 0.6) is 0 Å². The molecule has 1 saturated carbocycles. The van der Waals surface area contributed by atoms with Crippen molar-refractivity contribution in [3.8, 4) is 0 Å². The maximum atomic E-state index is 13.1. The summed E-state index contributed by atoms with van der Waals surface area (Å²) in [5.74, 6) is -0.703. The summed E-state index contributed by atoms with van der Waals surface area (Å²) in [5.41, 5.74) is 0.740. The van der Waals surface area contributed by atoms with Gasteiger partial charge in [0.1, 0.15) is 11.7 Å². The van der Waals surface area contributed by atoms with Crippen LogP contribution in [0.25, 0.3) is 0 Å². The van der Waals surface area contributed by atoms with Crippen LogP contribution in [-0.2, 0) is 30.3 Å². The minimum absolute atomic E-state index is 0.00286. The third kappa shape index (κ3) is 2.57. The number of allylic oxidation sites excluding steroid dienone is 1. The molecule has 3 fully saturated rings. The number of benzene rings is 1. The number of esters is 1. The van der Waals surface area contributed by atoms with Crippen molar-refractivity contribution in [2.24, 2.45) is 11.3 Å². The molecule has 5 aliphatic rings. The van der Waals surface area contributed by atoms with E-state index in [0.717, 1.165) is 30.4 Å². The SMILES string of the molecule is C[C@@H](c1ccc2c(c1)CC[C@H]1[C@H]2CC(=O)[C@@]2(O)CC=CC(=O)[C@]12C)[C@@H]1C[C@@H]2O[C@@H]2C(=O)O1. The lowest BCUT2D eigenvalue weighted by atomic mass is 9.47. The average molecular weight is 437 g/mol. The molecule has 1 aromatic rings. The Bertz CT molecular complexity index is 1070. The highest BCUT2D eigenvalue weighted by Crippen LogP contribution is 2.59. The number of carbonyl (C=O) groups is 3. The maximum absolute atomic E-state index is 13.1. The molecule has 32 heavy (non-hydrogen) atoms. The van der Waals surface area contributed by atoms with Crippen LogP contribution in [0.4, 0.5) is 0 Å². The van der Waals surface area contributed by atoms with Gasteiger partial charge in [-0.1, -0.05) is 31.2 Å². The molecule has 0 aromatic heterocycles. The molecule has 2 heterocycles. The summed E-state index contributed by atoms with van der Waals surface area (Å²) in [6.07, 6.45) is 5.38. The predicted octanol–water partition coefficient (Wildman–Crippen LogP) is 2.76. The topological polar surface area (TPSA) is 93.2 Å². The van der Waals surface area contributed by atoms with Gasteiger partial charge in [-0.3, -0.25) is 9.59 Å². The van der Waals surface area contributed by atoms with E-state index in [0.29, 0.717) is 0 Å². The second-order valence-electron chi connectivity index (χ2n) is 10.5. The van der Waals surface area contributed by atoms with Gasteiger partial charge in [0.25, 0.3) is 0 Å². The summed E-state index contributed by atoms with van der Waals surface area (Å²) in [6.45, 7) is 3.87. The normalized spacial score (nSPS) is 42.8. The Morgan fingerprint density at radius 1 is 1.22 bits per heavy atom. The van der Waals surface area contributed by atoms with Gasteiger partial charge in [-0.2, -0.15) is 0 Å². The van der Waals surface area contributed by atoms with E-state index in [4.69, 9.17) is 9.47 Å². The number of fused-ring (bicyclic) bond motifs is 6. The number of carbonyl (C=O) groups excluding carboxylic acids is 3. The number of hydrogen-bond donors (Lipinski definition) is 1. The van der Waals surface area contributed by atoms with Crippen molar-refractivity contribution in [1.82, 2.24) is 0 Å². The Morgan fingerprint density at radius 2 is 2.03 bits per heavy atom. The van der Waals surface area contributed by atoms with Crippen LogP contribution < -0.4 is 0 Å². The average Bonchev–Trinajstić information content (AvgIpc) is 3.56. The van der Waals surface area contributed by atoms with E-state index in [2.05, 4.69) is 25.1 Å². The van der Waals surface area contributed by atoms with E-state index in [1.165, 1.54) is 5.56 Å². The van der Waals surface area contributed by atoms with Crippen molar-refractivity contribution in [3.05, 3.63) is 47.0 Å². The number of cyclic esters (lactones) is 1. The van der Waals surface area contributed by atoms with Gasteiger partial charge >= 0.3 is 5.97 Å². The van der Waals surface area contributed by atoms with Gasteiger partial charge < -0.3 is 14.6 Å². The molecule has 0 spiro atoms. The largest absolute Gasteiger partial charge is 0.460 e. The molecule has 1 N–H and O–H groups in total. The van der Waals surface area contributed by atoms with Crippen molar-refractivity contribution in [2.75, 3.05) is 0 Å². The van der Waals surface area contributed by atoms with E-state index >= 15 is 0 Å². The molecular formula is C26H28O6. The first-order valence-corrected chi connectivity index (χ1v) is 11.7. The lowest BCUT2D eigenvalue weighted by molar-refractivity contribution is -0.179. The molecule has 6 nitrogen and oxygen atoms in total. The van der Waals surface area contributed by atoms with Gasteiger partial charge in [-0.05, 0) is 54.4 Å². The highest BCUT2D eigenvalue weighted by Gasteiger charge is 2.65. The molecule has 8 atom stereocenters. The first kappa shape index (κ1) is 20.3. The van der Waals surface area contributed by atoms with E-state index in [-0.39, 0.29) is 66.4 Å². The second-order valence-corrected chi connectivity index (χ2v) is 10.5. The molecule has 0 bridgehead atoms. The van der Waals surface area contributed by atoms with E-state index in [1.807, 2.05) is 0 Å². The highest BCUT2D eigenvalue weighted by atomic mass is 16.7. The Labute approximate surface area is 187 Å². The first-order chi connectivity index (χ1) is 15.2. The van der Waals surface area contributed by atoms with Crippen molar-refractivity contribution < 1.29 is 29.0 Å². The van der Waals surface area contributed by atoms with Gasteiger partial charge in [-0.15, -0.1) is 0 Å². The lowest BCUT2D eigenvalue weighted by Crippen LogP contribution is -2.65. The maximum Gasteiger partial charge on any atom is 0.338 e. The third-order valence-electron chi connectivity index (χ3n) is 9.07. The van der Waals surface area contributed by atoms with Gasteiger partial charge in [0.2, 0.25) is 0 Å². The van der Waals surface area contributed by atoms with E-state index in [9.17, 15) is 19.5 Å². The Kier molecular flexibility index (Phi) is 4.19. The van der Waals surface area contributed by atoms with Crippen molar-refractivity contribution >= 4 is 17.5 Å². The highest BCUT2D eigenvalue weighted by molar-refractivity contribution is 6.05. The summed E-state index contributed by atoms with van der Waals surface area (Å²) >= 11 is 0. The van der Waals surface area contributed by atoms with Crippen LogP contribution in [0.2, 0.25) is 0 Å². The van der Waals surface area contributed by atoms with E-state index in [1.54, 1.807) is 19.1 Å². The Morgan fingerprint density at radius 3 is 2.81 bits per heavy atom. The fourth-order valence-electron chi connectivity index (χ4n) is 6.89. The number of hydrogen-bond acceptors (Lipinski definition) is 6. The van der Waals surface area contributed by atoms with Crippen LogP contribution in [-0.4, -0.2) is 46.6 Å². The zero-order chi connectivity index (χ0) is 22.4. The number of ketones is 2. The van der Waals surface area contributed by atoms with Crippen molar-refractivity contribution in [2.45, 2.75) is 81.7 Å². The van der Waals surface area contributed by atoms with Crippen LogP contribution >= 0.6 is 0 Å². The second kappa shape index (κ2) is 6.61. The molecule has 168 valence electrons. The standard InChI is InChI=1S/C26H28O6/c1-13(19-12-20-23(31-20)24(29)32-19)14-5-7-16-15(10-14)6-8-18-17(16)11-22(28)26(30)9-3-4-21(27)25(18,26)2/h3-5,7,10,13,17-20,23,30H,6,8-9,11-12H2,1-2H3/t13-,17-,18-,19-,20-,23-,25-,26-/m0/s1. The van der Waals surface area contributed by atoms with Gasteiger partial charge in [0.05, 0.1) is 11.5 Å². The number of ether oxygens (including phenoxy) is 2. The minimum atomic E-state index is -1.60. The van der Waals surface area contributed by atoms with Crippen LogP contribution in [0.15, 0.2) is 30.4 Å². The van der Waals surface area contributed by atoms with Gasteiger partial charge in [-0.25, -0.2) is 4.79 Å². The lowest BCUT2D eigenvalue weighted by Gasteiger charge is -2.56. The number of Topliss-reactive ketones (excluding diaryl/α,β-unsaturated/α-hetero) is 1. The summed E-state index contributed by atoms with van der Waals surface area (Å²) in [5, 5.41) is 11.3. The first-order valence-electron chi connectivity index (χ1n) is 11.7. The molecule has 1 aromatic carbocycles.